The van der Waals surface area contributed by atoms with E-state index < -0.39 is 28.3 Å². The van der Waals surface area contributed by atoms with E-state index in [0.717, 1.165) is 6.07 Å². The fourth-order valence-corrected chi connectivity index (χ4v) is 2.05. The van der Waals surface area contributed by atoms with Crippen LogP contribution >= 0.6 is 31.9 Å². The zero-order valence-electron chi connectivity index (χ0n) is 7.45. The Labute approximate surface area is 104 Å². The first-order valence-corrected chi connectivity index (χ1v) is 5.79. The minimum absolute atomic E-state index is 0.164. The molecule has 1 aromatic rings. The van der Waals surface area contributed by atoms with E-state index in [9.17, 15) is 22.0 Å². The summed E-state index contributed by atoms with van der Waals surface area (Å²) in [4.78, 5) is 3.18. The van der Waals surface area contributed by atoms with Gasteiger partial charge in [-0.1, -0.05) is 15.9 Å². The van der Waals surface area contributed by atoms with Crippen LogP contribution in [0.4, 0.5) is 22.0 Å². The summed E-state index contributed by atoms with van der Waals surface area (Å²) in [5.74, 6) is 0. The molecule has 0 atom stereocenters. The molecule has 1 aromatic heterocycles. The van der Waals surface area contributed by atoms with E-state index in [1.165, 1.54) is 0 Å². The highest BCUT2D eigenvalue weighted by atomic mass is 79.9. The van der Waals surface area contributed by atoms with E-state index in [2.05, 4.69) is 36.8 Å². The number of hydrogen-bond acceptors (Lipinski definition) is 1. The molecule has 0 unspecified atom stereocenters. The summed E-state index contributed by atoms with van der Waals surface area (Å²) >= 11 is 5.41. The number of aromatic nitrogens is 1. The van der Waals surface area contributed by atoms with Crippen molar-refractivity contribution in [2.24, 2.45) is 0 Å². The maximum absolute atomic E-state index is 12.5. The van der Waals surface area contributed by atoms with E-state index in [1.807, 2.05) is 0 Å². The van der Waals surface area contributed by atoms with Crippen LogP contribution in [0.5, 0.6) is 0 Å². The Kier molecular flexibility index (Phi) is 4.28. The maximum Gasteiger partial charge on any atom is 0.434 e. The van der Waals surface area contributed by atoms with Crippen molar-refractivity contribution in [1.82, 2.24) is 4.98 Å². The molecule has 0 N–H and O–H groups in total. The predicted molar refractivity (Wildman–Crippen MR) is 54.5 cm³/mol. The second kappa shape index (κ2) is 4.95. The fourth-order valence-electron chi connectivity index (χ4n) is 1.04. The van der Waals surface area contributed by atoms with Crippen LogP contribution in [0.1, 0.15) is 23.4 Å². The summed E-state index contributed by atoms with van der Waals surface area (Å²) in [5.41, 5.74) is -2.03. The molecule has 0 aliphatic heterocycles. The normalized spacial score (nSPS) is 12.2. The lowest BCUT2D eigenvalue weighted by Crippen LogP contribution is -2.12. The molecule has 1 nitrogen and oxygen atoms in total. The van der Waals surface area contributed by atoms with Crippen LogP contribution in [0.3, 0.4) is 0 Å². The largest absolute Gasteiger partial charge is 0.434 e. The van der Waals surface area contributed by atoms with Crippen molar-refractivity contribution in [3.05, 3.63) is 27.5 Å². The van der Waals surface area contributed by atoms with Crippen LogP contribution in [0.2, 0.25) is 0 Å². The molecule has 1 heterocycles. The van der Waals surface area contributed by atoms with Gasteiger partial charge in [-0.2, -0.15) is 13.2 Å². The molecule has 0 aliphatic rings. The molecule has 0 saturated heterocycles. The van der Waals surface area contributed by atoms with Gasteiger partial charge >= 0.3 is 6.18 Å². The molecular weight excluding hydrogens is 365 g/mol. The molecule has 90 valence electrons. The van der Waals surface area contributed by atoms with Gasteiger partial charge in [0.1, 0.15) is 0 Å². The van der Waals surface area contributed by atoms with Crippen LogP contribution in [0, 0.1) is 0 Å². The minimum Gasteiger partial charge on any atom is -0.246 e. The first-order valence-electron chi connectivity index (χ1n) is 3.88. The highest BCUT2D eigenvalue weighted by Crippen LogP contribution is 2.36. The third-order valence-corrected chi connectivity index (χ3v) is 2.85. The molecule has 16 heavy (non-hydrogen) atoms. The van der Waals surface area contributed by atoms with Crippen molar-refractivity contribution in [2.45, 2.75) is 17.9 Å². The summed E-state index contributed by atoms with van der Waals surface area (Å²) in [5, 5.41) is -0.164. The molecule has 0 fully saturated rings. The van der Waals surface area contributed by atoms with Crippen molar-refractivity contribution < 1.29 is 22.0 Å². The van der Waals surface area contributed by atoms with E-state index in [0.29, 0.717) is 0 Å². The maximum atomic E-state index is 12.5. The van der Waals surface area contributed by atoms with Gasteiger partial charge in [-0.25, -0.2) is 13.8 Å². The molecule has 1 rings (SSSR count). The summed E-state index contributed by atoms with van der Waals surface area (Å²) < 4.78 is 61.6. The lowest BCUT2D eigenvalue weighted by atomic mass is 10.2. The Hall–Kier alpha value is -0.240. The number of halogens is 7. The zero-order chi connectivity index (χ0) is 12.5. The van der Waals surface area contributed by atoms with Crippen molar-refractivity contribution in [1.29, 1.82) is 0 Å². The van der Waals surface area contributed by atoms with Gasteiger partial charge in [0, 0.05) is 15.4 Å². The molecule has 0 saturated carbocycles. The smallest absolute Gasteiger partial charge is 0.246 e. The van der Waals surface area contributed by atoms with E-state index in [1.54, 1.807) is 0 Å². The number of alkyl halides is 6. The van der Waals surface area contributed by atoms with Crippen LogP contribution in [-0.4, -0.2) is 4.98 Å². The Bertz CT molecular complexity index is 391. The zero-order valence-corrected chi connectivity index (χ0v) is 10.6. The second-order valence-electron chi connectivity index (χ2n) is 2.79. The summed E-state index contributed by atoms with van der Waals surface area (Å²) in [6.07, 6.45) is -7.53. The first kappa shape index (κ1) is 13.8. The summed E-state index contributed by atoms with van der Waals surface area (Å²) in [6.45, 7) is 0. The minimum atomic E-state index is -4.67. The predicted octanol–water partition coefficient (Wildman–Crippen LogP) is 4.70. The average molecular weight is 369 g/mol. The monoisotopic (exact) mass is 367 g/mol. The molecular formula is C8H4Br2F5N. The standard InChI is InChI=1S/C8H4Br2F5N/c9-2-5-3(7(11)12)1-4(10)6(16-5)8(13,14)15/h1,7H,2H2. The Morgan fingerprint density at radius 3 is 2.25 bits per heavy atom. The third kappa shape index (κ3) is 2.91. The Balaban J connectivity index is 3.37. The van der Waals surface area contributed by atoms with Gasteiger partial charge in [0.25, 0.3) is 6.43 Å². The van der Waals surface area contributed by atoms with Gasteiger partial charge in [0.2, 0.25) is 0 Å². The lowest BCUT2D eigenvalue weighted by molar-refractivity contribution is -0.142. The molecule has 8 heteroatoms. The topological polar surface area (TPSA) is 12.9 Å². The Morgan fingerprint density at radius 2 is 1.88 bits per heavy atom. The number of rotatable bonds is 2. The number of hydrogen-bond donors (Lipinski definition) is 0. The van der Waals surface area contributed by atoms with Crippen LogP contribution in [0.25, 0.3) is 0 Å². The van der Waals surface area contributed by atoms with Gasteiger partial charge in [0.05, 0.1) is 5.69 Å². The molecule has 0 amide bonds. The van der Waals surface area contributed by atoms with Gasteiger partial charge in [-0.15, -0.1) is 0 Å². The molecule has 0 radical (unpaired) electrons. The van der Waals surface area contributed by atoms with Gasteiger partial charge in [-0.05, 0) is 22.0 Å². The Morgan fingerprint density at radius 1 is 1.31 bits per heavy atom. The average Bonchev–Trinajstić information content (AvgIpc) is 2.15. The summed E-state index contributed by atoms with van der Waals surface area (Å²) in [7, 11) is 0. The van der Waals surface area contributed by atoms with E-state index in [-0.39, 0.29) is 11.0 Å². The van der Waals surface area contributed by atoms with Gasteiger partial charge in [-0.3, -0.25) is 0 Å². The van der Waals surface area contributed by atoms with Crippen molar-refractivity contribution in [3.63, 3.8) is 0 Å². The third-order valence-electron chi connectivity index (χ3n) is 1.72. The van der Waals surface area contributed by atoms with E-state index in [4.69, 9.17) is 0 Å². The molecule has 0 bridgehead atoms. The van der Waals surface area contributed by atoms with Crippen LogP contribution in [0.15, 0.2) is 10.5 Å². The van der Waals surface area contributed by atoms with Gasteiger partial charge in [0.15, 0.2) is 5.69 Å². The van der Waals surface area contributed by atoms with Crippen molar-refractivity contribution in [2.75, 3.05) is 0 Å². The van der Waals surface area contributed by atoms with Crippen LogP contribution < -0.4 is 0 Å². The molecule has 0 aliphatic carbocycles. The first-order chi connectivity index (χ1) is 7.27. The number of pyridine rings is 1. The molecule has 0 spiro atoms. The highest BCUT2D eigenvalue weighted by Gasteiger charge is 2.36. The van der Waals surface area contributed by atoms with Crippen molar-refractivity contribution >= 4 is 31.9 Å². The quantitative estimate of drug-likeness (QED) is 0.545. The lowest BCUT2D eigenvalue weighted by Gasteiger charge is -2.12. The molecule has 0 aromatic carbocycles. The van der Waals surface area contributed by atoms with E-state index >= 15 is 0 Å². The second-order valence-corrected chi connectivity index (χ2v) is 4.20. The SMILES string of the molecule is FC(F)c1cc(Br)c(C(F)(F)F)nc1CBr. The highest BCUT2D eigenvalue weighted by molar-refractivity contribution is 9.10. The number of nitrogens with zero attached hydrogens (tertiary/aromatic N) is 1. The van der Waals surface area contributed by atoms with Gasteiger partial charge < -0.3 is 0 Å². The van der Waals surface area contributed by atoms with Crippen LogP contribution in [-0.2, 0) is 11.5 Å². The summed E-state index contributed by atoms with van der Waals surface area (Å²) in [6, 6.07) is 0.747. The van der Waals surface area contributed by atoms with Crippen molar-refractivity contribution in [3.8, 4) is 0 Å². The fraction of sp³-hybridized carbons (Fsp3) is 0.375.